The molecular weight excluding hydrogens is 181 g/mol. The van der Waals surface area contributed by atoms with Crippen molar-refractivity contribution in [3.05, 3.63) is 48.3 Å². The van der Waals surface area contributed by atoms with Crippen molar-refractivity contribution in [2.45, 2.75) is 6.42 Å². The summed E-state index contributed by atoms with van der Waals surface area (Å²) in [6.07, 6.45) is 3.98. The Kier molecular flexibility index (Phi) is 4.41. The van der Waals surface area contributed by atoms with Crippen LogP contribution in [0.15, 0.2) is 42.1 Å². The van der Waals surface area contributed by atoms with Gasteiger partial charge in [-0.05, 0) is 17.7 Å². The predicted molar refractivity (Wildman–Crippen MR) is 54.8 cm³/mol. The van der Waals surface area contributed by atoms with Gasteiger partial charge in [0.15, 0.2) is 0 Å². The SMILES string of the molecule is C=CCCON=Cc1cccc(F)c1. The summed E-state index contributed by atoms with van der Waals surface area (Å²) in [5, 5.41) is 3.68. The molecule has 0 unspecified atom stereocenters. The summed E-state index contributed by atoms with van der Waals surface area (Å²) in [6, 6.07) is 6.15. The van der Waals surface area contributed by atoms with Gasteiger partial charge in [0.05, 0.1) is 6.21 Å². The van der Waals surface area contributed by atoms with Crippen molar-refractivity contribution >= 4 is 6.21 Å². The van der Waals surface area contributed by atoms with Gasteiger partial charge in [-0.2, -0.15) is 0 Å². The van der Waals surface area contributed by atoms with Crippen molar-refractivity contribution in [3.63, 3.8) is 0 Å². The Labute approximate surface area is 82.7 Å². The molecule has 0 saturated heterocycles. The van der Waals surface area contributed by atoms with Gasteiger partial charge >= 0.3 is 0 Å². The van der Waals surface area contributed by atoms with E-state index in [1.54, 1.807) is 18.2 Å². The Morgan fingerprint density at radius 3 is 3.07 bits per heavy atom. The van der Waals surface area contributed by atoms with Gasteiger partial charge in [-0.3, -0.25) is 0 Å². The molecule has 0 bridgehead atoms. The third-order valence-corrected chi connectivity index (χ3v) is 1.54. The third-order valence-electron chi connectivity index (χ3n) is 1.54. The van der Waals surface area contributed by atoms with Crippen molar-refractivity contribution in [3.8, 4) is 0 Å². The number of rotatable bonds is 5. The van der Waals surface area contributed by atoms with Gasteiger partial charge in [-0.15, -0.1) is 6.58 Å². The van der Waals surface area contributed by atoms with E-state index < -0.39 is 0 Å². The second-order valence-electron chi connectivity index (χ2n) is 2.70. The molecule has 2 nitrogen and oxygen atoms in total. The molecule has 0 fully saturated rings. The van der Waals surface area contributed by atoms with Crippen LogP contribution in [0, 0.1) is 5.82 Å². The van der Waals surface area contributed by atoms with Crippen LogP contribution in [0.25, 0.3) is 0 Å². The zero-order chi connectivity index (χ0) is 10.2. The monoisotopic (exact) mass is 193 g/mol. The fourth-order valence-corrected chi connectivity index (χ4v) is 0.874. The van der Waals surface area contributed by atoms with Crippen LogP contribution in [0.4, 0.5) is 4.39 Å². The summed E-state index contributed by atoms with van der Waals surface area (Å²) in [4.78, 5) is 4.89. The molecule has 0 N–H and O–H groups in total. The Morgan fingerprint density at radius 1 is 1.50 bits per heavy atom. The maximum Gasteiger partial charge on any atom is 0.123 e. The molecule has 1 aromatic carbocycles. The Bertz CT molecular complexity index is 323. The molecule has 0 aromatic heterocycles. The largest absolute Gasteiger partial charge is 0.395 e. The van der Waals surface area contributed by atoms with Crippen LogP contribution in [0.1, 0.15) is 12.0 Å². The topological polar surface area (TPSA) is 21.6 Å². The lowest BCUT2D eigenvalue weighted by atomic mass is 10.2. The van der Waals surface area contributed by atoms with Crippen molar-refractivity contribution in [1.82, 2.24) is 0 Å². The van der Waals surface area contributed by atoms with Gasteiger partial charge in [0.2, 0.25) is 0 Å². The molecule has 0 atom stereocenters. The smallest absolute Gasteiger partial charge is 0.123 e. The van der Waals surface area contributed by atoms with E-state index in [0.717, 1.165) is 6.42 Å². The number of nitrogens with zero attached hydrogens (tertiary/aromatic N) is 1. The molecule has 1 aromatic rings. The summed E-state index contributed by atoms with van der Waals surface area (Å²) < 4.78 is 12.7. The van der Waals surface area contributed by atoms with Gasteiger partial charge in [0.1, 0.15) is 12.4 Å². The van der Waals surface area contributed by atoms with Crippen molar-refractivity contribution in [2.24, 2.45) is 5.16 Å². The van der Waals surface area contributed by atoms with Crippen LogP contribution in [0.5, 0.6) is 0 Å². The molecule has 3 heteroatoms. The molecule has 0 aliphatic carbocycles. The summed E-state index contributed by atoms with van der Waals surface area (Å²) >= 11 is 0. The van der Waals surface area contributed by atoms with Gasteiger partial charge in [-0.1, -0.05) is 23.4 Å². The molecule has 0 heterocycles. The Morgan fingerprint density at radius 2 is 2.36 bits per heavy atom. The molecule has 0 aliphatic heterocycles. The van der Waals surface area contributed by atoms with Gasteiger partial charge < -0.3 is 4.84 Å². The van der Waals surface area contributed by atoms with E-state index >= 15 is 0 Å². The van der Waals surface area contributed by atoms with E-state index in [-0.39, 0.29) is 5.82 Å². The van der Waals surface area contributed by atoms with Crippen LogP contribution in [-0.4, -0.2) is 12.8 Å². The third kappa shape index (κ3) is 3.85. The first-order chi connectivity index (χ1) is 6.83. The minimum atomic E-state index is -0.278. The average Bonchev–Trinajstić information content (AvgIpc) is 2.18. The maximum atomic E-state index is 12.7. The summed E-state index contributed by atoms with van der Waals surface area (Å²) in [5.74, 6) is -0.278. The first kappa shape index (κ1) is 10.4. The number of halogens is 1. The van der Waals surface area contributed by atoms with Crippen LogP contribution >= 0.6 is 0 Å². The van der Waals surface area contributed by atoms with Gasteiger partial charge in [-0.25, -0.2) is 4.39 Å². The highest BCUT2D eigenvalue weighted by atomic mass is 19.1. The molecular formula is C11H12FNO. The quantitative estimate of drug-likeness (QED) is 0.305. The van der Waals surface area contributed by atoms with Crippen LogP contribution < -0.4 is 0 Å². The number of hydrogen-bond donors (Lipinski definition) is 0. The molecule has 74 valence electrons. The highest BCUT2D eigenvalue weighted by Gasteiger charge is 1.90. The molecule has 0 spiro atoms. The van der Waals surface area contributed by atoms with Crippen LogP contribution in [0.2, 0.25) is 0 Å². The predicted octanol–water partition coefficient (Wildman–Crippen LogP) is 2.75. The van der Waals surface area contributed by atoms with Crippen molar-refractivity contribution in [2.75, 3.05) is 6.61 Å². The van der Waals surface area contributed by atoms with E-state index in [2.05, 4.69) is 11.7 Å². The number of oxime groups is 1. The lowest BCUT2D eigenvalue weighted by Crippen LogP contribution is -1.87. The highest BCUT2D eigenvalue weighted by molar-refractivity contribution is 5.78. The fraction of sp³-hybridized carbons (Fsp3) is 0.182. The maximum absolute atomic E-state index is 12.7. The molecule has 0 amide bonds. The summed E-state index contributed by atoms with van der Waals surface area (Å²) in [6.45, 7) is 4.04. The van der Waals surface area contributed by atoms with Crippen LogP contribution in [-0.2, 0) is 4.84 Å². The number of hydrogen-bond acceptors (Lipinski definition) is 2. The first-order valence-corrected chi connectivity index (χ1v) is 4.34. The van der Waals surface area contributed by atoms with E-state index in [1.807, 2.05) is 0 Å². The van der Waals surface area contributed by atoms with Gasteiger partial charge in [0, 0.05) is 6.42 Å². The van der Waals surface area contributed by atoms with Crippen molar-refractivity contribution in [1.29, 1.82) is 0 Å². The fourth-order valence-electron chi connectivity index (χ4n) is 0.874. The average molecular weight is 193 g/mol. The minimum Gasteiger partial charge on any atom is -0.395 e. The van der Waals surface area contributed by atoms with E-state index in [0.29, 0.717) is 12.2 Å². The van der Waals surface area contributed by atoms with E-state index in [9.17, 15) is 4.39 Å². The zero-order valence-corrected chi connectivity index (χ0v) is 7.82. The van der Waals surface area contributed by atoms with Crippen molar-refractivity contribution < 1.29 is 9.23 Å². The molecule has 14 heavy (non-hydrogen) atoms. The molecule has 0 aliphatic rings. The Balaban J connectivity index is 2.39. The normalized spacial score (nSPS) is 10.4. The minimum absolute atomic E-state index is 0.278. The molecule has 1 rings (SSSR count). The summed E-state index contributed by atoms with van der Waals surface area (Å²) in [7, 11) is 0. The molecule has 0 saturated carbocycles. The van der Waals surface area contributed by atoms with Gasteiger partial charge in [0.25, 0.3) is 0 Å². The first-order valence-electron chi connectivity index (χ1n) is 4.34. The second kappa shape index (κ2) is 5.91. The van der Waals surface area contributed by atoms with E-state index in [1.165, 1.54) is 18.3 Å². The lowest BCUT2D eigenvalue weighted by Gasteiger charge is -1.95. The summed E-state index contributed by atoms with van der Waals surface area (Å²) in [5.41, 5.74) is 0.684. The Hall–Kier alpha value is -1.64. The second-order valence-corrected chi connectivity index (χ2v) is 2.70. The lowest BCUT2D eigenvalue weighted by molar-refractivity contribution is 0.151. The standard InChI is InChI=1S/C11H12FNO/c1-2-3-7-14-13-9-10-5-4-6-11(12)8-10/h2,4-6,8-9H,1,3,7H2. The number of benzene rings is 1. The molecule has 0 radical (unpaired) electrons. The van der Waals surface area contributed by atoms with E-state index in [4.69, 9.17) is 4.84 Å². The van der Waals surface area contributed by atoms with Crippen LogP contribution in [0.3, 0.4) is 0 Å². The zero-order valence-electron chi connectivity index (χ0n) is 7.82. The highest BCUT2D eigenvalue weighted by Crippen LogP contribution is 2.00.